The lowest BCUT2D eigenvalue weighted by Crippen LogP contribution is -2.43. The van der Waals surface area contributed by atoms with Crippen molar-refractivity contribution in [3.8, 4) is 0 Å². The molecule has 0 spiro atoms. The molecule has 1 N–H and O–H groups in total. The molecule has 0 amide bonds. The molecule has 0 bridgehead atoms. The molecule has 1 aliphatic rings. The molecular weight excluding hydrogens is 254 g/mol. The molecule has 0 radical (unpaired) electrons. The van der Waals surface area contributed by atoms with Crippen molar-refractivity contribution < 1.29 is 4.42 Å². The Balaban J connectivity index is 1.86. The van der Waals surface area contributed by atoms with Crippen molar-refractivity contribution in [3.05, 3.63) is 24.2 Å². The predicted molar refractivity (Wildman–Crippen MR) is 83.5 cm³/mol. The SMILES string of the molecule is CCCNC1CCC(CC)CC1SCc1ccco1. The second kappa shape index (κ2) is 8.01. The van der Waals surface area contributed by atoms with Crippen molar-refractivity contribution in [1.82, 2.24) is 5.32 Å². The van der Waals surface area contributed by atoms with E-state index in [0.29, 0.717) is 6.04 Å². The molecule has 1 fully saturated rings. The lowest BCUT2D eigenvalue weighted by Gasteiger charge is -2.36. The van der Waals surface area contributed by atoms with E-state index in [9.17, 15) is 0 Å². The second-order valence-electron chi connectivity index (χ2n) is 5.58. The van der Waals surface area contributed by atoms with Crippen LogP contribution in [0.15, 0.2) is 22.8 Å². The van der Waals surface area contributed by atoms with Gasteiger partial charge in [0.15, 0.2) is 0 Å². The highest BCUT2D eigenvalue weighted by Gasteiger charge is 2.29. The molecule has 0 aliphatic heterocycles. The first kappa shape index (κ1) is 15.0. The number of rotatable bonds is 7. The summed E-state index contributed by atoms with van der Waals surface area (Å²) in [6, 6.07) is 4.77. The van der Waals surface area contributed by atoms with Crippen LogP contribution in [0.25, 0.3) is 0 Å². The summed E-state index contributed by atoms with van der Waals surface area (Å²) in [5.74, 6) is 3.05. The van der Waals surface area contributed by atoms with Gasteiger partial charge in [0.25, 0.3) is 0 Å². The topological polar surface area (TPSA) is 25.2 Å². The van der Waals surface area contributed by atoms with Crippen LogP contribution in [-0.4, -0.2) is 17.8 Å². The molecule has 3 heteroatoms. The van der Waals surface area contributed by atoms with Gasteiger partial charge in [0.2, 0.25) is 0 Å². The average Bonchev–Trinajstić information content (AvgIpc) is 2.96. The van der Waals surface area contributed by atoms with Gasteiger partial charge in [0.05, 0.1) is 12.0 Å². The molecule has 1 aromatic rings. The van der Waals surface area contributed by atoms with Crippen LogP contribution in [0.2, 0.25) is 0 Å². The van der Waals surface area contributed by atoms with Crippen LogP contribution in [-0.2, 0) is 5.75 Å². The van der Waals surface area contributed by atoms with E-state index in [4.69, 9.17) is 4.42 Å². The van der Waals surface area contributed by atoms with E-state index in [-0.39, 0.29) is 0 Å². The fourth-order valence-electron chi connectivity index (χ4n) is 2.91. The molecule has 1 saturated carbocycles. The van der Waals surface area contributed by atoms with Crippen molar-refractivity contribution in [3.63, 3.8) is 0 Å². The van der Waals surface area contributed by atoms with Gasteiger partial charge in [-0.25, -0.2) is 0 Å². The molecule has 1 aromatic heterocycles. The summed E-state index contributed by atoms with van der Waals surface area (Å²) in [6.45, 7) is 5.73. The fourth-order valence-corrected chi connectivity index (χ4v) is 4.33. The Hall–Kier alpha value is -0.410. The zero-order valence-corrected chi connectivity index (χ0v) is 13.0. The molecule has 108 valence electrons. The third kappa shape index (κ3) is 4.57. The van der Waals surface area contributed by atoms with Crippen LogP contribution in [0.1, 0.15) is 51.7 Å². The van der Waals surface area contributed by atoms with E-state index in [1.807, 2.05) is 6.07 Å². The first-order valence-corrected chi connectivity index (χ1v) is 8.75. The van der Waals surface area contributed by atoms with Gasteiger partial charge >= 0.3 is 0 Å². The summed E-state index contributed by atoms with van der Waals surface area (Å²) in [6.07, 6.45) is 8.44. The largest absolute Gasteiger partial charge is 0.468 e. The molecule has 2 rings (SSSR count). The lowest BCUT2D eigenvalue weighted by atomic mass is 9.84. The van der Waals surface area contributed by atoms with E-state index >= 15 is 0 Å². The lowest BCUT2D eigenvalue weighted by molar-refractivity contribution is 0.295. The second-order valence-corrected chi connectivity index (χ2v) is 6.80. The number of nitrogens with one attached hydrogen (secondary N) is 1. The van der Waals surface area contributed by atoms with Crippen LogP contribution in [0.3, 0.4) is 0 Å². The first-order valence-electron chi connectivity index (χ1n) is 7.70. The highest BCUT2D eigenvalue weighted by Crippen LogP contribution is 2.35. The number of hydrogen-bond donors (Lipinski definition) is 1. The summed E-state index contributed by atoms with van der Waals surface area (Å²) in [7, 11) is 0. The Kier molecular flexibility index (Phi) is 6.32. The van der Waals surface area contributed by atoms with Crippen molar-refractivity contribution >= 4 is 11.8 Å². The van der Waals surface area contributed by atoms with E-state index in [1.165, 1.54) is 32.1 Å². The van der Waals surface area contributed by atoms with Crippen molar-refractivity contribution in [2.45, 2.75) is 63.0 Å². The quantitative estimate of drug-likeness (QED) is 0.799. The smallest absolute Gasteiger partial charge is 0.113 e. The Bertz CT molecular complexity index is 339. The normalized spacial score (nSPS) is 27.6. The van der Waals surface area contributed by atoms with Gasteiger partial charge < -0.3 is 9.73 Å². The summed E-state index contributed by atoms with van der Waals surface area (Å²) in [5.41, 5.74) is 0. The maximum atomic E-state index is 5.45. The van der Waals surface area contributed by atoms with Crippen molar-refractivity contribution in [2.24, 2.45) is 5.92 Å². The number of thioether (sulfide) groups is 1. The molecule has 1 heterocycles. The highest BCUT2D eigenvalue weighted by atomic mass is 32.2. The Labute approximate surface area is 121 Å². The van der Waals surface area contributed by atoms with Gasteiger partial charge in [-0.15, -0.1) is 11.8 Å². The minimum Gasteiger partial charge on any atom is -0.468 e. The number of hydrogen-bond acceptors (Lipinski definition) is 3. The highest BCUT2D eigenvalue weighted by molar-refractivity contribution is 7.99. The van der Waals surface area contributed by atoms with Gasteiger partial charge in [0.1, 0.15) is 5.76 Å². The molecular formula is C16H27NOS. The summed E-state index contributed by atoms with van der Waals surface area (Å²) >= 11 is 2.08. The molecule has 3 atom stereocenters. The number of furan rings is 1. The van der Waals surface area contributed by atoms with Crippen LogP contribution in [0.4, 0.5) is 0 Å². The average molecular weight is 281 g/mol. The summed E-state index contributed by atoms with van der Waals surface area (Å²) in [4.78, 5) is 0. The zero-order chi connectivity index (χ0) is 13.5. The van der Waals surface area contributed by atoms with Crippen LogP contribution >= 0.6 is 11.8 Å². The maximum absolute atomic E-state index is 5.45. The minimum absolute atomic E-state index is 0.697. The standard InChI is InChI=1S/C16H27NOS/c1-3-9-17-15-8-7-13(4-2)11-16(15)19-12-14-6-5-10-18-14/h5-6,10,13,15-17H,3-4,7-9,11-12H2,1-2H3. The van der Waals surface area contributed by atoms with Crippen molar-refractivity contribution in [1.29, 1.82) is 0 Å². The first-order chi connectivity index (χ1) is 9.33. The molecule has 0 aromatic carbocycles. The van der Waals surface area contributed by atoms with E-state index in [2.05, 4.69) is 37.0 Å². The van der Waals surface area contributed by atoms with Gasteiger partial charge in [-0.2, -0.15) is 0 Å². The van der Waals surface area contributed by atoms with E-state index in [1.54, 1.807) is 6.26 Å². The zero-order valence-electron chi connectivity index (χ0n) is 12.2. The molecule has 1 aliphatic carbocycles. The van der Waals surface area contributed by atoms with Gasteiger partial charge in [-0.05, 0) is 50.3 Å². The predicted octanol–water partition coefficient (Wildman–Crippen LogP) is 4.46. The third-order valence-electron chi connectivity index (χ3n) is 4.15. The van der Waals surface area contributed by atoms with Crippen LogP contribution in [0.5, 0.6) is 0 Å². The van der Waals surface area contributed by atoms with Gasteiger partial charge in [0, 0.05) is 11.3 Å². The summed E-state index contributed by atoms with van der Waals surface area (Å²) < 4.78 is 5.45. The van der Waals surface area contributed by atoms with Crippen molar-refractivity contribution in [2.75, 3.05) is 6.54 Å². The molecule has 19 heavy (non-hydrogen) atoms. The van der Waals surface area contributed by atoms with E-state index in [0.717, 1.165) is 29.2 Å². The fraction of sp³-hybridized carbons (Fsp3) is 0.750. The van der Waals surface area contributed by atoms with E-state index < -0.39 is 0 Å². The Morgan fingerprint density at radius 3 is 2.95 bits per heavy atom. The van der Waals surface area contributed by atoms with Crippen LogP contribution < -0.4 is 5.32 Å². The van der Waals surface area contributed by atoms with Gasteiger partial charge in [-0.1, -0.05) is 20.3 Å². The third-order valence-corrected chi connectivity index (χ3v) is 5.55. The van der Waals surface area contributed by atoms with Gasteiger partial charge in [-0.3, -0.25) is 0 Å². The van der Waals surface area contributed by atoms with Crippen LogP contribution in [0, 0.1) is 5.92 Å². The monoisotopic (exact) mass is 281 g/mol. The Morgan fingerprint density at radius 1 is 1.37 bits per heavy atom. The molecule has 0 saturated heterocycles. The molecule has 3 unspecified atom stereocenters. The summed E-state index contributed by atoms with van der Waals surface area (Å²) in [5, 5.41) is 4.49. The Morgan fingerprint density at radius 2 is 2.26 bits per heavy atom. The molecule has 2 nitrogen and oxygen atoms in total. The minimum atomic E-state index is 0.697. The maximum Gasteiger partial charge on any atom is 0.113 e.